The second kappa shape index (κ2) is 8.54. The van der Waals surface area contributed by atoms with E-state index in [0.717, 1.165) is 35.9 Å². The number of amides is 3. The van der Waals surface area contributed by atoms with Gasteiger partial charge in [0.05, 0.1) is 10.6 Å². The molecule has 2 atom stereocenters. The smallest absolute Gasteiger partial charge is 0.321 e. The second-order valence-electron chi connectivity index (χ2n) is 6.33. The lowest BCUT2D eigenvalue weighted by atomic mass is 9.86. The highest BCUT2D eigenvalue weighted by atomic mass is 32.2. The molecule has 0 unspecified atom stereocenters. The molecule has 1 fully saturated rings. The first-order valence-electron chi connectivity index (χ1n) is 8.52. The Hall–Kier alpha value is -2.07. The molecule has 0 bridgehead atoms. The Balaban J connectivity index is 1.47. The number of nitrogen functional groups attached to an aromatic ring is 1. The van der Waals surface area contributed by atoms with E-state index in [1.165, 1.54) is 22.4 Å². The Morgan fingerprint density at radius 3 is 2.92 bits per heavy atom. The van der Waals surface area contributed by atoms with Crippen LogP contribution in [0.2, 0.25) is 0 Å². The highest BCUT2D eigenvalue weighted by Crippen LogP contribution is 2.25. The minimum Gasteiger partial charge on any atom is -0.335 e. The van der Waals surface area contributed by atoms with Gasteiger partial charge in [-0.1, -0.05) is 37.6 Å². The van der Waals surface area contributed by atoms with E-state index in [0.29, 0.717) is 16.9 Å². The fourth-order valence-electron chi connectivity index (χ4n) is 2.98. The normalized spacial score (nSPS) is 19.9. The molecule has 3 rings (SSSR count). The van der Waals surface area contributed by atoms with Crippen molar-refractivity contribution >= 4 is 35.0 Å². The third-order valence-electron chi connectivity index (χ3n) is 4.42. The Morgan fingerprint density at radius 1 is 1.38 bits per heavy atom. The van der Waals surface area contributed by atoms with Gasteiger partial charge in [0.1, 0.15) is 0 Å². The number of hydrogen-bond acceptors (Lipinski definition) is 7. The molecule has 2 heterocycles. The quantitative estimate of drug-likeness (QED) is 0.529. The molecule has 0 radical (unpaired) electrons. The molecule has 10 heteroatoms. The molecule has 1 aliphatic rings. The van der Waals surface area contributed by atoms with Crippen LogP contribution in [0.25, 0.3) is 10.7 Å². The molecule has 1 saturated carbocycles. The lowest BCUT2D eigenvalue weighted by molar-refractivity contribution is -0.117. The number of thiophene rings is 1. The van der Waals surface area contributed by atoms with Gasteiger partial charge in [0.2, 0.25) is 11.1 Å². The van der Waals surface area contributed by atoms with Crippen LogP contribution in [0, 0.1) is 5.92 Å². The Bertz CT molecular complexity index is 761. The van der Waals surface area contributed by atoms with Crippen molar-refractivity contribution < 1.29 is 9.59 Å². The third-order valence-corrected chi connectivity index (χ3v) is 6.23. The average Bonchev–Trinajstić information content (AvgIpc) is 3.25. The standard InChI is InChI=1S/C16H22N6O2S2/c1-10-5-2-3-6-11(10)18-15(24)19-13(23)9-26-16-21-20-14(22(16)17)12-7-4-8-25-12/h4,7-8,10-11H,2-3,5-6,9,17H2,1H3,(H2,18,19,23,24)/t10-,11+/m1/s1. The highest BCUT2D eigenvalue weighted by Gasteiger charge is 2.23. The maximum atomic E-state index is 12.0. The van der Waals surface area contributed by atoms with Crippen molar-refractivity contribution in [1.82, 2.24) is 25.5 Å². The zero-order chi connectivity index (χ0) is 18.5. The van der Waals surface area contributed by atoms with Gasteiger partial charge < -0.3 is 11.2 Å². The Labute approximate surface area is 159 Å². The molecule has 4 N–H and O–H groups in total. The van der Waals surface area contributed by atoms with E-state index in [4.69, 9.17) is 5.84 Å². The number of rotatable bonds is 5. The van der Waals surface area contributed by atoms with Crippen LogP contribution in [-0.4, -0.2) is 38.6 Å². The van der Waals surface area contributed by atoms with Crippen LogP contribution in [-0.2, 0) is 4.79 Å². The lowest BCUT2D eigenvalue weighted by Crippen LogP contribution is -2.48. The lowest BCUT2D eigenvalue weighted by Gasteiger charge is -2.29. The summed E-state index contributed by atoms with van der Waals surface area (Å²) in [4.78, 5) is 24.9. The van der Waals surface area contributed by atoms with E-state index in [2.05, 4.69) is 27.8 Å². The summed E-state index contributed by atoms with van der Waals surface area (Å²) in [5.41, 5.74) is 0. The van der Waals surface area contributed by atoms with E-state index >= 15 is 0 Å². The molecule has 0 spiro atoms. The molecule has 1 aliphatic carbocycles. The van der Waals surface area contributed by atoms with Gasteiger partial charge in [0.15, 0.2) is 5.82 Å². The first-order valence-corrected chi connectivity index (χ1v) is 10.4. The number of carbonyl (C=O) groups excluding carboxylic acids is 2. The largest absolute Gasteiger partial charge is 0.335 e. The van der Waals surface area contributed by atoms with E-state index in [9.17, 15) is 9.59 Å². The fourth-order valence-corrected chi connectivity index (χ4v) is 4.34. The van der Waals surface area contributed by atoms with Gasteiger partial charge in [-0.2, -0.15) is 0 Å². The van der Waals surface area contributed by atoms with Crippen molar-refractivity contribution in [3.8, 4) is 10.7 Å². The molecule has 0 saturated heterocycles. The predicted molar refractivity (Wildman–Crippen MR) is 102 cm³/mol. The monoisotopic (exact) mass is 394 g/mol. The van der Waals surface area contributed by atoms with Crippen LogP contribution in [0.5, 0.6) is 0 Å². The van der Waals surface area contributed by atoms with E-state index < -0.39 is 11.9 Å². The molecule has 26 heavy (non-hydrogen) atoms. The fraction of sp³-hybridized carbons (Fsp3) is 0.500. The minimum absolute atomic E-state index is 0.0351. The Morgan fingerprint density at radius 2 is 2.19 bits per heavy atom. The zero-order valence-electron chi connectivity index (χ0n) is 14.5. The van der Waals surface area contributed by atoms with Crippen LogP contribution in [0.3, 0.4) is 0 Å². The van der Waals surface area contributed by atoms with Gasteiger partial charge in [0, 0.05) is 6.04 Å². The van der Waals surface area contributed by atoms with Gasteiger partial charge in [-0.25, -0.2) is 9.47 Å². The van der Waals surface area contributed by atoms with Crippen molar-refractivity contribution in [2.24, 2.45) is 5.92 Å². The molecule has 0 aliphatic heterocycles. The van der Waals surface area contributed by atoms with Crippen molar-refractivity contribution in [1.29, 1.82) is 0 Å². The van der Waals surface area contributed by atoms with Crippen molar-refractivity contribution in [2.75, 3.05) is 11.6 Å². The average molecular weight is 395 g/mol. The predicted octanol–water partition coefficient (Wildman–Crippen LogP) is 2.22. The van der Waals surface area contributed by atoms with E-state index in [-0.39, 0.29) is 11.8 Å². The molecule has 8 nitrogen and oxygen atoms in total. The molecule has 3 amide bonds. The van der Waals surface area contributed by atoms with E-state index in [1.807, 2.05) is 17.5 Å². The van der Waals surface area contributed by atoms with Gasteiger partial charge in [-0.15, -0.1) is 21.5 Å². The van der Waals surface area contributed by atoms with Crippen LogP contribution >= 0.6 is 23.1 Å². The second-order valence-corrected chi connectivity index (χ2v) is 8.22. The topological polar surface area (TPSA) is 115 Å². The first-order chi connectivity index (χ1) is 12.5. The number of hydrogen-bond donors (Lipinski definition) is 3. The summed E-state index contributed by atoms with van der Waals surface area (Å²) in [6.45, 7) is 2.13. The first kappa shape index (κ1) is 18.7. The summed E-state index contributed by atoms with van der Waals surface area (Å²) in [5.74, 6) is 6.61. The van der Waals surface area contributed by atoms with Crippen LogP contribution in [0.4, 0.5) is 4.79 Å². The van der Waals surface area contributed by atoms with Crippen molar-refractivity contribution in [3.05, 3.63) is 17.5 Å². The summed E-state index contributed by atoms with van der Waals surface area (Å²) in [6.07, 6.45) is 4.37. The summed E-state index contributed by atoms with van der Waals surface area (Å²) in [6, 6.07) is 3.49. The maximum Gasteiger partial charge on any atom is 0.321 e. The molecule has 0 aromatic carbocycles. The summed E-state index contributed by atoms with van der Waals surface area (Å²) < 4.78 is 1.35. The number of nitrogens with zero attached hydrogens (tertiary/aromatic N) is 3. The SMILES string of the molecule is C[C@@H]1CCCC[C@@H]1NC(=O)NC(=O)CSc1nnc(-c2cccs2)n1N. The number of carbonyl (C=O) groups is 2. The van der Waals surface area contributed by atoms with Crippen LogP contribution < -0.4 is 16.5 Å². The summed E-state index contributed by atoms with van der Waals surface area (Å²) in [5, 5.41) is 15.7. The maximum absolute atomic E-state index is 12.0. The Kier molecular flexibility index (Phi) is 6.15. The number of imide groups is 1. The van der Waals surface area contributed by atoms with Crippen LogP contribution in [0.1, 0.15) is 32.6 Å². The molecular weight excluding hydrogens is 372 g/mol. The number of aromatic nitrogens is 3. The molecular formula is C16H22N6O2S2. The number of thioether (sulfide) groups is 1. The molecule has 2 aromatic heterocycles. The molecule has 140 valence electrons. The summed E-state index contributed by atoms with van der Waals surface area (Å²) >= 11 is 2.65. The van der Waals surface area contributed by atoms with Crippen molar-refractivity contribution in [3.63, 3.8) is 0 Å². The number of urea groups is 1. The number of nitrogens with two attached hydrogens (primary N) is 1. The van der Waals surface area contributed by atoms with Gasteiger partial charge >= 0.3 is 6.03 Å². The van der Waals surface area contributed by atoms with Gasteiger partial charge in [0.25, 0.3) is 0 Å². The van der Waals surface area contributed by atoms with Gasteiger partial charge in [-0.3, -0.25) is 10.1 Å². The summed E-state index contributed by atoms with van der Waals surface area (Å²) in [7, 11) is 0. The van der Waals surface area contributed by atoms with Gasteiger partial charge in [-0.05, 0) is 30.2 Å². The zero-order valence-corrected chi connectivity index (χ0v) is 16.1. The van der Waals surface area contributed by atoms with E-state index in [1.54, 1.807) is 0 Å². The van der Waals surface area contributed by atoms with Crippen molar-refractivity contribution in [2.45, 2.75) is 43.8 Å². The highest BCUT2D eigenvalue weighted by molar-refractivity contribution is 7.99. The molecule has 2 aromatic rings. The van der Waals surface area contributed by atoms with Crippen LogP contribution in [0.15, 0.2) is 22.7 Å². The minimum atomic E-state index is -0.442. The number of nitrogens with one attached hydrogen (secondary N) is 2. The third kappa shape index (κ3) is 4.55.